The molecule has 4 heterocycles. The van der Waals surface area contributed by atoms with Crippen LogP contribution in [-0.2, 0) is 10.9 Å². The lowest BCUT2D eigenvalue weighted by atomic mass is 9.97. The molecule has 0 unspecified atom stereocenters. The van der Waals surface area contributed by atoms with Crippen LogP contribution >= 0.6 is 0 Å². The lowest BCUT2D eigenvalue weighted by Gasteiger charge is -2.19. The maximum atomic E-state index is 12.9. The van der Waals surface area contributed by atoms with Crippen LogP contribution in [0, 0.1) is 0 Å². The van der Waals surface area contributed by atoms with Gasteiger partial charge in [0.1, 0.15) is 17.0 Å². The molecule has 1 aliphatic rings. The highest BCUT2D eigenvalue weighted by Gasteiger charge is 2.33. The number of halogens is 3. The van der Waals surface area contributed by atoms with Crippen molar-refractivity contribution >= 4 is 23.2 Å². The van der Waals surface area contributed by atoms with Crippen molar-refractivity contribution in [3.05, 3.63) is 59.3 Å². The number of hydrogen-bond acceptors (Lipinski definition) is 5. The van der Waals surface area contributed by atoms with E-state index in [0.717, 1.165) is 36.7 Å². The number of nitrogens with one attached hydrogen (secondary N) is 1. The van der Waals surface area contributed by atoms with E-state index in [1.54, 1.807) is 10.6 Å². The molecule has 0 saturated carbocycles. The highest BCUT2D eigenvalue weighted by atomic mass is 19.4. The van der Waals surface area contributed by atoms with E-state index in [9.17, 15) is 27.9 Å². The first-order valence-electron chi connectivity index (χ1n) is 9.41. The van der Waals surface area contributed by atoms with Crippen molar-refractivity contribution in [3.8, 4) is 0 Å². The van der Waals surface area contributed by atoms with Gasteiger partial charge in [-0.1, -0.05) is 6.07 Å². The number of rotatable bonds is 4. The molecular formula is C20H17F3N4O4. The number of anilines is 1. The van der Waals surface area contributed by atoms with Crippen LogP contribution < -0.4 is 5.32 Å². The molecule has 0 aromatic carbocycles. The van der Waals surface area contributed by atoms with Crippen LogP contribution in [0.3, 0.4) is 0 Å². The number of fused-ring (bicyclic) bond motifs is 1. The van der Waals surface area contributed by atoms with E-state index in [2.05, 4.69) is 15.3 Å². The van der Waals surface area contributed by atoms with Gasteiger partial charge in [-0.05, 0) is 31.0 Å². The molecule has 1 aliphatic heterocycles. The second kappa shape index (κ2) is 7.99. The van der Waals surface area contributed by atoms with Gasteiger partial charge in [-0.3, -0.25) is 4.79 Å². The molecule has 0 atom stereocenters. The Morgan fingerprint density at radius 2 is 1.90 bits per heavy atom. The molecule has 0 radical (unpaired) electrons. The maximum Gasteiger partial charge on any atom is 0.433 e. The molecule has 0 aliphatic carbocycles. The number of hydrogen-bond donors (Lipinski definition) is 2. The van der Waals surface area contributed by atoms with E-state index in [4.69, 9.17) is 4.74 Å². The number of carboxylic acids is 1. The number of ether oxygens (including phenoxy) is 1. The Hall–Kier alpha value is -3.47. The molecule has 3 aromatic heterocycles. The first-order chi connectivity index (χ1) is 14.7. The van der Waals surface area contributed by atoms with E-state index in [1.165, 1.54) is 12.3 Å². The van der Waals surface area contributed by atoms with Crippen LogP contribution in [0.2, 0.25) is 0 Å². The van der Waals surface area contributed by atoms with Gasteiger partial charge in [0.2, 0.25) is 0 Å². The van der Waals surface area contributed by atoms with E-state index in [0.29, 0.717) is 18.9 Å². The fourth-order valence-electron chi connectivity index (χ4n) is 3.43. The Bertz CT molecular complexity index is 1150. The normalized spacial score (nSPS) is 15.2. The highest BCUT2D eigenvalue weighted by Crippen LogP contribution is 2.29. The van der Waals surface area contributed by atoms with Crippen LogP contribution in [0.15, 0.2) is 36.7 Å². The van der Waals surface area contributed by atoms with Crippen LogP contribution in [-0.4, -0.2) is 44.6 Å². The van der Waals surface area contributed by atoms with E-state index in [1.807, 2.05) is 0 Å². The summed E-state index contributed by atoms with van der Waals surface area (Å²) in [6.07, 6.45) is -0.00495. The smallest absolute Gasteiger partial charge is 0.433 e. The number of aromatic carboxylic acids is 1. The fraction of sp³-hybridized carbons (Fsp3) is 0.300. The summed E-state index contributed by atoms with van der Waals surface area (Å²) in [6.45, 7) is 1.23. The van der Waals surface area contributed by atoms with Gasteiger partial charge in [0, 0.05) is 31.5 Å². The number of carboxylic acid groups (broad SMARTS) is 1. The van der Waals surface area contributed by atoms with Crippen LogP contribution in [0.5, 0.6) is 0 Å². The van der Waals surface area contributed by atoms with Crippen LogP contribution in [0.1, 0.15) is 51.0 Å². The summed E-state index contributed by atoms with van der Waals surface area (Å²) in [5, 5.41) is 11.9. The molecule has 31 heavy (non-hydrogen) atoms. The molecule has 1 amide bonds. The van der Waals surface area contributed by atoms with Crippen LogP contribution in [0.25, 0.3) is 5.65 Å². The molecule has 3 aromatic rings. The van der Waals surface area contributed by atoms with Gasteiger partial charge in [0.15, 0.2) is 0 Å². The maximum absolute atomic E-state index is 12.9. The van der Waals surface area contributed by atoms with Crippen molar-refractivity contribution in [1.82, 2.24) is 14.4 Å². The minimum absolute atomic E-state index is 0.0832. The lowest BCUT2D eigenvalue weighted by molar-refractivity contribution is -0.141. The number of imidazole rings is 1. The third-order valence-electron chi connectivity index (χ3n) is 5.00. The molecular weight excluding hydrogens is 417 g/mol. The second-order valence-corrected chi connectivity index (χ2v) is 7.08. The molecule has 1 saturated heterocycles. The fourth-order valence-corrected chi connectivity index (χ4v) is 3.43. The van der Waals surface area contributed by atoms with Gasteiger partial charge in [-0.2, -0.15) is 13.2 Å². The van der Waals surface area contributed by atoms with Crippen molar-refractivity contribution in [2.24, 2.45) is 0 Å². The SMILES string of the molecule is O=C(Nc1cn2cc(C3CCOCC3)nc2cc1C(=O)O)c1cccc(C(F)(F)F)n1. The van der Waals surface area contributed by atoms with Gasteiger partial charge >= 0.3 is 12.1 Å². The molecule has 8 nitrogen and oxygen atoms in total. The Morgan fingerprint density at radius 3 is 2.58 bits per heavy atom. The number of aromatic nitrogens is 3. The average molecular weight is 434 g/mol. The third kappa shape index (κ3) is 4.36. The monoisotopic (exact) mass is 434 g/mol. The Labute approximate surface area is 173 Å². The minimum atomic E-state index is -4.71. The molecule has 4 rings (SSSR count). The predicted octanol–water partition coefficient (Wildman–Crippen LogP) is 3.59. The number of carbonyl (C=O) groups excluding carboxylic acids is 1. The zero-order valence-corrected chi connectivity index (χ0v) is 16.0. The molecule has 11 heteroatoms. The van der Waals surface area contributed by atoms with E-state index in [-0.39, 0.29) is 17.2 Å². The van der Waals surface area contributed by atoms with Gasteiger partial charge in [0.05, 0.1) is 16.9 Å². The summed E-state index contributed by atoms with van der Waals surface area (Å²) in [5.41, 5.74) is -0.863. The summed E-state index contributed by atoms with van der Waals surface area (Å²) >= 11 is 0. The summed E-state index contributed by atoms with van der Waals surface area (Å²) in [7, 11) is 0. The number of alkyl halides is 3. The lowest BCUT2D eigenvalue weighted by Crippen LogP contribution is -2.19. The van der Waals surface area contributed by atoms with Gasteiger partial charge in [-0.15, -0.1) is 0 Å². The van der Waals surface area contributed by atoms with Crippen LogP contribution in [0.4, 0.5) is 18.9 Å². The summed E-state index contributed by atoms with van der Waals surface area (Å²) < 4.78 is 45.5. The van der Waals surface area contributed by atoms with Crippen molar-refractivity contribution in [2.45, 2.75) is 24.9 Å². The summed E-state index contributed by atoms with van der Waals surface area (Å²) in [4.78, 5) is 32.0. The first-order valence-corrected chi connectivity index (χ1v) is 9.41. The third-order valence-corrected chi connectivity index (χ3v) is 5.00. The highest BCUT2D eigenvalue weighted by molar-refractivity contribution is 6.07. The van der Waals surface area contributed by atoms with Crippen molar-refractivity contribution < 1.29 is 32.6 Å². The standard InChI is InChI=1S/C20H17F3N4O4/c21-20(22,23)16-3-1-2-13(24-16)18(28)26-15-10-27-9-14(11-4-6-31-7-5-11)25-17(27)8-12(15)19(29)30/h1-3,8-11H,4-7H2,(H,26,28)(H,29,30). The van der Waals surface area contributed by atoms with Crippen molar-refractivity contribution in [3.63, 3.8) is 0 Å². The van der Waals surface area contributed by atoms with Crippen molar-refractivity contribution in [1.29, 1.82) is 0 Å². The number of carbonyl (C=O) groups is 2. The minimum Gasteiger partial charge on any atom is -0.478 e. The van der Waals surface area contributed by atoms with E-state index < -0.39 is 29.4 Å². The summed E-state index contributed by atoms with van der Waals surface area (Å²) in [6, 6.07) is 4.22. The molecule has 0 spiro atoms. The molecule has 0 bridgehead atoms. The van der Waals surface area contributed by atoms with Gasteiger partial charge < -0.3 is 19.6 Å². The average Bonchev–Trinajstić information content (AvgIpc) is 3.16. The molecule has 2 N–H and O–H groups in total. The predicted molar refractivity (Wildman–Crippen MR) is 102 cm³/mol. The zero-order chi connectivity index (χ0) is 22.2. The Morgan fingerprint density at radius 1 is 1.16 bits per heavy atom. The van der Waals surface area contributed by atoms with Crippen molar-refractivity contribution in [2.75, 3.05) is 18.5 Å². The first kappa shape index (κ1) is 20.8. The second-order valence-electron chi connectivity index (χ2n) is 7.08. The number of amides is 1. The number of nitrogens with zero attached hydrogens (tertiary/aromatic N) is 3. The van der Waals surface area contributed by atoms with Gasteiger partial charge in [0.25, 0.3) is 5.91 Å². The topological polar surface area (TPSA) is 106 Å². The zero-order valence-electron chi connectivity index (χ0n) is 16.0. The quantitative estimate of drug-likeness (QED) is 0.650. The Kier molecular flexibility index (Phi) is 5.36. The van der Waals surface area contributed by atoms with Gasteiger partial charge in [-0.25, -0.2) is 14.8 Å². The Balaban J connectivity index is 1.66. The molecule has 1 fully saturated rings. The largest absolute Gasteiger partial charge is 0.478 e. The summed E-state index contributed by atoms with van der Waals surface area (Å²) in [5.74, 6) is -2.10. The van der Waals surface area contributed by atoms with E-state index >= 15 is 0 Å². The number of pyridine rings is 2. The molecule has 162 valence electrons.